The average molecular weight is 242 g/mol. The molecule has 0 bridgehead atoms. The van der Waals surface area contributed by atoms with Gasteiger partial charge in [0.05, 0.1) is 0 Å². The lowest BCUT2D eigenvalue weighted by atomic mass is 10.2. The lowest BCUT2D eigenvalue weighted by molar-refractivity contribution is 0.112. The second-order valence-corrected chi connectivity index (χ2v) is 3.88. The van der Waals surface area contributed by atoms with Crippen LogP contribution in [0.25, 0.3) is 0 Å². The van der Waals surface area contributed by atoms with E-state index in [0.29, 0.717) is 0 Å². The zero-order valence-corrected chi connectivity index (χ0v) is 10.1. The lowest BCUT2D eigenvalue weighted by Crippen LogP contribution is -2.20. The van der Waals surface area contributed by atoms with Crippen LogP contribution in [0.15, 0.2) is 59.4 Å². The van der Waals surface area contributed by atoms with Crippen LogP contribution in [0, 0.1) is 0 Å². The fraction of sp³-hybridized carbons (Fsp3) is 0.143. The molecular weight excluding hydrogens is 228 g/mol. The van der Waals surface area contributed by atoms with Gasteiger partial charge in [-0.3, -0.25) is 0 Å². The molecule has 0 spiro atoms. The van der Waals surface area contributed by atoms with Gasteiger partial charge in [-0.25, -0.2) is 4.79 Å². The van der Waals surface area contributed by atoms with Crippen molar-refractivity contribution in [1.29, 1.82) is 0 Å². The van der Waals surface area contributed by atoms with E-state index >= 15 is 0 Å². The summed E-state index contributed by atoms with van der Waals surface area (Å²) in [6.45, 7) is 2.17. The highest BCUT2D eigenvalue weighted by Gasteiger charge is 2.11. The predicted molar refractivity (Wildman–Crippen MR) is 69.9 cm³/mol. The monoisotopic (exact) mass is 242 g/mol. The first-order chi connectivity index (χ1) is 8.75. The Bertz CT molecular complexity index is 504. The van der Waals surface area contributed by atoms with Crippen LogP contribution >= 0.6 is 0 Å². The van der Waals surface area contributed by atoms with Gasteiger partial charge in [0.15, 0.2) is 0 Å². The Morgan fingerprint density at radius 3 is 2.89 bits per heavy atom. The van der Waals surface area contributed by atoms with Crippen LogP contribution in [0.3, 0.4) is 0 Å². The van der Waals surface area contributed by atoms with E-state index in [1.807, 2.05) is 43.3 Å². The summed E-state index contributed by atoms with van der Waals surface area (Å²) in [6, 6.07) is 9.53. The maximum atomic E-state index is 11.7. The first-order valence-electron chi connectivity index (χ1n) is 5.65. The Hall–Kier alpha value is -2.36. The number of benzene rings is 1. The number of amides is 1. The van der Waals surface area contributed by atoms with Gasteiger partial charge in [-0.2, -0.15) is 10.1 Å². The fourth-order valence-electron chi connectivity index (χ4n) is 1.40. The van der Waals surface area contributed by atoms with Gasteiger partial charge >= 0.3 is 6.09 Å². The van der Waals surface area contributed by atoms with E-state index < -0.39 is 6.09 Å². The molecule has 0 saturated carbocycles. The van der Waals surface area contributed by atoms with Gasteiger partial charge in [-0.15, -0.1) is 0 Å². The van der Waals surface area contributed by atoms with E-state index in [1.54, 1.807) is 18.5 Å². The van der Waals surface area contributed by atoms with E-state index in [9.17, 15) is 4.79 Å². The molecule has 0 N–H and O–H groups in total. The molecule has 0 aliphatic carbocycles. The third-order valence-corrected chi connectivity index (χ3v) is 2.40. The molecule has 0 atom stereocenters. The quantitative estimate of drug-likeness (QED) is 0.799. The number of nitrogens with zero attached hydrogens (tertiary/aromatic N) is 2. The average Bonchev–Trinajstić information content (AvgIpc) is 2.62. The molecule has 0 unspecified atom stereocenters. The van der Waals surface area contributed by atoms with Crippen molar-refractivity contribution in [3.05, 3.63) is 59.8 Å². The number of rotatable bonds is 2. The topological polar surface area (TPSA) is 41.9 Å². The summed E-state index contributed by atoms with van der Waals surface area (Å²) in [7, 11) is 0. The zero-order chi connectivity index (χ0) is 12.8. The van der Waals surface area contributed by atoms with Gasteiger partial charge in [0.25, 0.3) is 0 Å². The minimum atomic E-state index is -0.491. The van der Waals surface area contributed by atoms with Crippen molar-refractivity contribution in [3.8, 4) is 0 Å². The Morgan fingerprint density at radius 2 is 2.11 bits per heavy atom. The summed E-state index contributed by atoms with van der Waals surface area (Å²) in [5.74, 6) is 0. The molecule has 1 amide bonds. The molecule has 1 aliphatic rings. The Balaban J connectivity index is 1.91. The summed E-state index contributed by atoms with van der Waals surface area (Å²) < 4.78 is 5.16. The van der Waals surface area contributed by atoms with E-state index in [4.69, 9.17) is 4.74 Å². The highest BCUT2D eigenvalue weighted by atomic mass is 16.6. The Kier molecular flexibility index (Phi) is 3.91. The molecule has 1 aromatic rings. The maximum absolute atomic E-state index is 11.7. The molecule has 2 rings (SSSR count). The predicted octanol–water partition coefficient (Wildman–Crippen LogP) is 3.08. The lowest BCUT2D eigenvalue weighted by Gasteiger charge is -2.11. The van der Waals surface area contributed by atoms with Crippen molar-refractivity contribution >= 4 is 12.3 Å². The van der Waals surface area contributed by atoms with Gasteiger partial charge in [0.2, 0.25) is 0 Å². The molecule has 92 valence electrons. The zero-order valence-electron chi connectivity index (χ0n) is 10.1. The van der Waals surface area contributed by atoms with Gasteiger partial charge in [-0.05, 0) is 30.2 Å². The maximum Gasteiger partial charge on any atom is 0.434 e. The van der Waals surface area contributed by atoms with Crippen molar-refractivity contribution in [2.24, 2.45) is 5.10 Å². The molecule has 4 heteroatoms. The molecule has 1 aromatic carbocycles. The fourth-order valence-corrected chi connectivity index (χ4v) is 1.40. The Morgan fingerprint density at radius 1 is 1.33 bits per heavy atom. The molecule has 1 aliphatic heterocycles. The molecule has 0 radical (unpaired) electrons. The van der Waals surface area contributed by atoms with E-state index in [2.05, 4.69) is 5.10 Å². The van der Waals surface area contributed by atoms with Crippen molar-refractivity contribution in [2.45, 2.75) is 13.5 Å². The molecule has 0 aromatic heterocycles. The van der Waals surface area contributed by atoms with Crippen LogP contribution in [-0.2, 0) is 11.3 Å². The molecular formula is C14H14N2O2. The first-order valence-corrected chi connectivity index (χ1v) is 5.65. The minimum Gasteiger partial charge on any atom is -0.443 e. The smallest absolute Gasteiger partial charge is 0.434 e. The normalized spacial score (nSPS) is 14.1. The van der Waals surface area contributed by atoms with Gasteiger partial charge in [0.1, 0.15) is 6.61 Å². The van der Waals surface area contributed by atoms with Crippen molar-refractivity contribution in [3.63, 3.8) is 0 Å². The van der Waals surface area contributed by atoms with Crippen molar-refractivity contribution in [1.82, 2.24) is 5.01 Å². The van der Waals surface area contributed by atoms with Crippen molar-refractivity contribution in [2.75, 3.05) is 0 Å². The molecule has 0 saturated heterocycles. The summed E-state index contributed by atoms with van der Waals surface area (Å²) in [6.07, 6.45) is 6.29. The van der Waals surface area contributed by atoms with Gasteiger partial charge in [0, 0.05) is 12.4 Å². The largest absolute Gasteiger partial charge is 0.443 e. The van der Waals surface area contributed by atoms with E-state index in [1.165, 1.54) is 5.01 Å². The van der Waals surface area contributed by atoms with Gasteiger partial charge in [-0.1, -0.05) is 30.3 Å². The standard InChI is InChI=1S/C14H14N2O2/c1-12-7-9-15-16(10-8-12)14(17)18-11-13-5-3-2-4-6-13/h2-10H,11H2,1H3. The van der Waals surface area contributed by atoms with E-state index in [0.717, 1.165) is 11.1 Å². The highest BCUT2D eigenvalue weighted by molar-refractivity contribution is 5.77. The second-order valence-electron chi connectivity index (χ2n) is 3.88. The van der Waals surface area contributed by atoms with Crippen LogP contribution in [-0.4, -0.2) is 17.3 Å². The van der Waals surface area contributed by atoms with Crippen molar-refractivity contribution < 1.29 is 9.53 Å². The minimum absolute atomic E-state index is 0.242. The first kappa shape index (κ1) is 12.1. The number of carbonyl (C=O) groups is 1. The Labute approximate surface area is 106 Å². The van der Waals surface area contributed by atoms with E-state index in [-0.39, 0.29) is 6.61 Å². The summed E-state index contributed by atoms with van der Waals surface area (Å²) in [4.78, 5) is 11.7. The highest BCUT2D eigenvalue weighted by Crippen LogP contribution is 2.07. The van der Waals surface area contributed by atoms with Crippen LogP contribution in [0.4, 0.5) is 4.79 Å². The van der Waals surface area contributed by atoms with Gasteiger partial charge < -0.3 is 4.74 Å². The number of hydrogen-bond donors (Lipinski definition) is 0. The summed E-state index contributed by atoms with van der Waals surface area (Å²) in [5, 5.41) is 5.13. The molecule has 4 nitrogen and oxygen atoms in total. The second kappa shape index (κ2) is 5.82. The number of ether oxygens (including phenoxy) is 1. The number of allylic oxidation sites excluding steroid dienone is 3. The summed E-state index contributed by atoms with van der Waals surface area (Å²) >= 11 is 0. The molecule has 1 heterocycles. The van der Waals surface area contributed by atoms with Crippen LogP contribution in [0.2, 0.25) is 0 Å². The van der Waals surface area contributed by atoms with Crippen LogP contribution in [0.5, 0.6) is 0 Å². The third kappa shape index (κ3) is 3.31. The summed E-state index contributed by atoms with van der Waals surface area (Å²) in [5.41, 5.74) is 1.97. The third-order valence-electron chi connectivity index (χ3n) is 2.40. The number of hydrazone groups is 1. The molecule has 0 fully saturated rings. The number of hydrogen-bond acceptors (Lipinski definition) is 3. The SMILES string of the molecule is CC1=CC=NN(C(=O)OCc2ccccc2)C=C1. The van der Waals surface area contributed by atoms with Crippen LogP contribution in [0.1, 0.15) is 12.5 Å². The number of carbonyl (C=O) groups excluding carboxylic acids is 1. The van der Waals surface area contributed by atoms with Crippen LogP contribution < -0.4 is 0 Å². The molecule has 18 heavy (non-hydrogen) atoms.